The van der Waals surface area contributed by atoms with E-state index in [0.717, 1.165) is 35.9 Å². The Kier molecular flexibility index (Phi) is 5.89. The van der Waals surface area contributed by atoms with E-state index in [-0.39, 0.29) is 5.91 Å². The van der Waals surface area contributed by atoms with Gasteiger partial charge in [0.05, 0.1) is 5.75 Å². The smallest absolute Gasteiger partial charge is 0.230 e. The molecule has 2 aromatic heterocycles. The number of hydrogen-bond donors (Lipinski definition) is 1. The average molecular weight is 399 g/mol. The summed E-state index contributed by atoms with van der Waals surface area (Å²) >= 11 is 3.16. The Bertz CT molecular complexity index is 871. The van der Waals surface area contributed by atoms with Crippen LogP contribution < -0.4 is 5.32 Å². The Balaban J connectivity index is 1.51. The number of aromatic nitrogens is 3. The zero-order chi connectivity index (χ0) is 18.5. The Morgan fingerprint density at radius 2 is 1.96 bits per heavy atom. The number of amides is 1. The van der Waals surface area contributed by atoms with Crippen LogP contribution in [-0.2, 0) is 11.2 Å². The summed E-state index contributed by atoms with van der Waals surface area (Å²) in [7, 11) is 0. The van der Waals surface area contributed by atoms with E-state index in [0.29, 0.717) is 11.8 Å². The molecule has 4 rings (SSSR count). The van der Waals surface area contributed by atoms with Crippen molar-refractivity contribution in [1.29, 1.82) is 0 Å². The number of carbonyl (C=O) groups is 1. The molecule has 27 heavy (non-hydrogen) atoms. The average Bonchev–Trinajstić information content (AvgIpc) is 3.44. The lowest BCUT2D eigenvalue weighted by Crippen LogP contribution is -2.33. The molecule has 1 aliphatic carbocycles. The lowest BCUT2D eigenvalue weighted by atomic mass is 10.2. The van der Waals surface area contributed by atoms with E-state index in [1.54, 1.807) is 11.3 Å². The number of carbonyl (C=O) groups excluding carboxylic acids is 1. The highest BCUT2D eigenvalue weighted by molar-refractivity contribution is 7.99. The molecule has 1 aromatic carbocycles. The molecule has 0 bridgehead atoms. The summed E-state index contributed by atoms with van der Waals surface area (Å²) in [5, 5.41) is 14.8. The standard InChI is InChI=1S/C20H22N4OS2/c25-19(21-15-7-4-5-8-15)14-27-20-23-22-18(13-17-11-6-12-26-17)24(20)16-9-2-1-3-10-16/h1-3,6,9-12,15H,4-5,7-8,13-14H2,(H,21,25). The fraction of sp³-hybridized carbons (Fsp3) is 0.350. The molecule has 7 heteroatoms. The van der Waals surface area contributed by atoms with Crippen LogP contribution in [0.3, 0.4) is 0 Å². The van der Waals surface area contributed by atoms with Crippen LogP contribution in [0.15, 0.2) is 53.0 Å². The van der Waals surface area contributed by atoms with Crippen molar-refractivity contribution in [2.45, 2.75) is 43.3 Å². The number of thiophene rings is 1. The normalized spacial score (nSPS) is 14.5. The van der Waals surface area contributed by atoms with E-state index in [2.05, 4.69) is 31.5 Å². The second-order valence-electron chi connectivity index (χ2n) is 6.66. The number of hydrogen-bond acceptors (Lipinski definition) is 5. The molecule has 1 N–H and O–H groups in total. The van der Waals surface area contributed by atoms with Gasteiger partial charge in [-0.3, -0.25) is 9.36 Å². The van der Waals surface area contributed by atoms with Gasteiger partial charge in [-0.05, 0) is 36.4 Å². The van der Waals surface area contributed by atoms with Crippen LogP contribution in [0.5, 0.6) is 0 Å². The molecule has 1 saturated carbocycles. The highest BCUT2D eigenvalue weighted by Crippen LogP contribution is 2.25. The minimum atomic E-state index is 0.0781. The van der Waals surface area contributed by atoms with Gasteiger partial charge in [-0.1, -0.05) is 48.9 Å². The van der Waals surface area contributed by atoms with Gasteiger partial charge in [0, 0.05) is 23.0 Å². The van der Waals surface area contributed by atoms with Gasteiger partial charge in [-0.2, -0.15) is 0 Å². The molecular weight excluding hydrogens is 376 g/mol. The number of rotatable bonds is 7. The topological polar surface area (TPSA) is 59.8 Å². The van der Waals surface area contributed by atoms with Gasteiger partial charge >= 0.3 is 0 Å². The van der Waals surface area contributed by atoms with Gasteiger partial charge in [0.25, 0.3) is 0 Å². The summed E-state index contributed by atoms with van der Waals surface area (Å²) in [5.41, 5.74) is 1.02. The van der Waals surface area contributed by atoms with Crippen LogP contribution in [0.25, 0.3) is 5.69 Å². The molecule has 140 valence electrons. The Labute approximate surface area is 167 Å². The van der Waals surface area contributed by atoms with Gasteiger partial charge < -0.3 is 5.32 Å². The second kappa shape index (κ2) is 8.71. The highest BCUT2D eigenvalue weighted by atomic mass is 32.2. The predicted molar refractivity (Wildman–Crippen MR) is 110 cm³/mol. The quantitative estimate of drug-likeness (QED) is 0.610. The maximum atomic E-state index is 12.3. The molecule has 0 aliphatic heterocycles. The van der Waals surface area contributed by atoms with Gasteiger partial charge in [0.1, 0.15) is 5.82 Å². The molecule has 2 heterocycles. The summed E-state index contributed by atoms with van der Waals surface area (Å²) in [6.07, 6.45) is 5.36. The third-order valence-electron chi connectivity index (χ3n) is 4.68. The zero-order valence-electron chi connectivity index (χ0n) is 15.0. The zero-order valence-corrected chi connectivity index (χ0v) is 16.6. The lowest BCUT2D eigenvalue weighted by molar-refractivity contribution is -0.119. The van der Waals surface area contributed by atoms with Crippen molar-refractivity contribution in [2.75, 3.05) is 5.75 Å². The molecule has 1 aliphatic rings. The first-order chi connectivity index (χ1) is 13.3. The van der Waals surface area contributed by atoms with Crippen molar-refractivity contribution in [3.05, 3.63) is 58.5 Å². The van der Waals surface area contributed by atoms with E-state index in [4.69, 9.17) is 0 Å². The Morgan fingerprint density at radius 3 is 2.70 bits per heavy atom. The first-order valence-corrected chi connectivity index (χ1v) is 11.1. The summed E-state index contributed by atoms with van der Waals surface area (Å²) in [6.45, 7) is 0. The number of thioether (sulfide) groups is 1. The van der Waals surface area contributed by atoms with Crippen molar-refractivity contribution in [1.82, 2.24) is 20.1 Å². The molecule has 0 radical (unpaired) electrons. The number of benzene rings is 1. The fourth-order valence-corrected chi connectivity index (χ4v) is 4.87. The van der Waals surface area contributed by atoms with Crippen LogP contribution >= 0.6 is 23.1 Å². The Hall–Kier alpha value is -2.12. The largest absolute Gasteiger partial charge is 0.353 e. The minimum absolute atomic E-state index is 0.0781. The second-order valence-corrected chi connectivity index (χ2v) is 8.64. The van der Waals surface area contributed by atoms with E-state index < -0.39 is 0 Å². The summed E-state index contributed by atoms with van der Waals surface area (Å²) in [5.74, 6) is 1.33. The van der Waals surface area contributed by atoms with Gasteiger partial charge in [0.2, 0.25) is 5.91 Å². The van der Waals surface area contributed by atoms with Crippen LogP contribution in [0.4, 0.5) is 0 Å². The third-order valence-corrected chi connectivity index (χ3v) is 6.49. The minimum Gasteiger partial charge on any atom is -0.353 e. The molecule has 0 saturated heterocycles. The van der Waals surface area contributed by atoms with Crippen molar-refractivity contribution < 1.29 is 4.79 Å². The lowest BCUT2D eigenvalue weighted by Gasteiger charge is -2.12. The van der Waals surface area contributed by atoms with Gasteiger partial charge in [-0.25, -0.2) is 0 Å². The third kappa shape index (κ3) is 4.59. The molecule has 3 aromatic rings. The number of nitrogens with one attached hydrogen (secondary N) is 1. The number of para-hydroxylation sites is 1. The molecule has 5 nitrogen and oxygen atoms in total. The fourth-order valence-electron chi connectivity index (χ4n) is 3.38. The van der Waals surface area contributed by atoms with Crippen LogP contribution in [-0.4, -0.2) is 32.5 Å². The highest BCUT2D eigenvalue weighted by Gasteiger charge is 2.19. The van der Waals surface area contributed by atoms with Crippen LogP contribution in [0.2, 0.25) is 0 Å². The SMILES string of the molecule is O=C(CSc1nnc(Cc2cccs2)n1-c1ccccc1)NC1CCCC1. The molecular formula is C20H22N4OS2. The van der Waals surface area contributed by atoms with Crippen molar-refractivity contribution in [3.8, 4) is 5.69 Å². The number of nitrogens with zero attached hydrogens (tertiary/aromatic N) is 3. The molecule has 1 amide bonds. The monoisotopic (exact) mass is 398 g/mol. The van der Waals surface area contributed by atoms with Gasteiger partial charge in [-0.15, -0.1) is 21.5 Å². The molecule has 0 spiro atoms. The van der Waals surface area contributed by atoms with Crippen molar-refractivity contribution in [3.63, 3.8) is 0 Å². The summed E-state index contributed by atoms with van der Waals surface area (Å²) in [6, 6.07) is 14.6. The van der Waals surface area contributed by atoms with Gasteiger partial charge in [0.15, 0.2) is 5.16 Å². The maximum Gasteiger partial charge on any atom is 0.230 e. The van der Waals surface area contributed by atoms with E-state index in [1.165, 1.54) is 29.5 Å². The van der Waals surface area contributed by atoms with Crippen LogP contribution in [0.1, 0.15) is 36.4 Å². The Morgan fingerprint density at radius 1 is 1.15 bits per heavy atom. The molecule has 0 unspecified atom stereocenters. The first-order valence-electron chi connectivity index (χ1n) is 9.24. The van der Waals surface area contributed by atoms with E-state index in [1.807, 2.05) is 36.4 Å². The first kappa shape index (κ1) is 18.3. The van der Waals surface area contributed by atoms with Crippen molar-refractivity contribution >= 4 is 29.0 Å². The summed E-state index contributed by atoms with van der Waals surface area (Å²) in [4.78, 5) is 13.5. The van der Waals surface area contributed by atoms with Crippen molar-refractivity contribution in [2.24, 2.45) is 0 Å². The van der Waals surface area contributed by atoms with E-state index in [9.17, 15) is 4.79 Å². The van der Waals surface area contributed by atoms with E-state index >= 15 is 0 Å². The molecule has 1 fully saturated rings. The maximum absolute atomic E-state index is 12.3. The predicted octanol–water partition coefficient (Wildman–Crippen LogP) is 4.07. The van der Waals surface area contributed by atoms with Crippen LogP contribution in [0, 0.1) is 0 Å². The summed E-state index contributed by atoms with van der Waals surface area (Å²) < 4.78 is 2.06. The molecule has 0 atom stereocenters.